The maximum absolute atomic E-state index is 13.9. The number of anilines is 1. The second-order valence-corrected chi connectivity index (χ2v) is 6.53. The Morgan fingerprint density at radius 1 is 1.33 bits per heavy atom. The Bertz CT molecular complexity index is 1010. The molecule has 11 heteroatoms. The van der Waals surface area contributed by atoms with Crippen molar-refractivity contribution in [2.45, 2.75) is 25.4 Å². The molecule has 2 aromatic rings. The number of nitro benzene ring substituents is 1. The number of benzene rings is 2. The molecule has 0 aromatic heterocycles. The summed E-state index contributed by atoms with van der Waals surface area (Å²) in [5.74, 6) is -1.11. The van der Waals surface area contributed by atoms with E-state index in [1.165, 1.54) is 12.1 Å². The van der Waals surface area contributed by atoms with Gasteiger partial charge in [-0.1, -0.05) is 0 Å². The summed E-state index contributed by atoms with van der Waals surface area (Å²) in [6.07, 6.45) is -5.85. The summed E-state index contributed by atoms with van der Waals surface area (Å²) in [6.45, 7) is 1.69. The largest absolute Gasteiger partial charge is 0.488 e. The zero-order valence-corrected chi connectivity index (χ0v) is 15.5. The number of hydrogen-bond acceptors (Lipinski definition) is 6. The zero-order chi connectivity index (χ0) is 22.1. The van der Waals surface area contributed by atoms with Crippen LogP contribution >= 0.6 is 0 Å². The van der Waals surface area contributed by atoms with E-state index < -0.39 is 46.1 Å². The number of ether oxygens (including phenoxy) is 2. The second-order valence-electron chi connectivity index (χ2n) is 6.53. The van der Waals surface area contributed by atoms with Gasteiger partial charge in [-0.2, -0.15) is 18.4 Å². The van der Waals surface area contributed by atoms with Crippen molar-refractivity contribution in [3.8, 4) is 11.8 Å². The van der Waals surface area contributed by atoms with Gasteiger partial charge in [0.15, 0.2) is 11.6 Å². The SMILES string of the molecule is C[C@H]1O[C@H](COc2ccc([N+](=O)[O-])cc2F)CN1c1ccc(C#N)c(C(F)(F)F)c1. The van der Waals surface area contributed by atoms with Crippen LogP contribution in [0, 0.1) is 27.3 Å². The lowest BCUT2D eigenvalue weighted by atomic mass is 10.1. The third kappa shape index (κ3) is 4.44. The molecule has 0 aliphatic carbocycles. The van der Waals surface area contributed by atoms with Gasteiger partial charge in [0.25, 0.3) is 5.69 Å². The van der Waals surface area contributed by atoms with Crippen molar-refractivity contribution in [3.05, 3.63) is 63.5 Å². The van der Waals surface area contributed by atoms with Crippen molar-refractivity contribution in [1.29, 1.82) is 5.26 Å². The molecule has 1 aliphatic rings. The highest BCUT2D eigenvalue weighted by Crippen LogP contribution is 2.36. The van der Waals surface area contributed by atoms with Crippen LogP contribution in [0.5, 0.6) is 5.75 Å². The number of nitrogens with zero attached hydrogens (tertiary/aromatic N) is 3. The standard InChI is InChI=1S/C19H15F4N3O4/c1-11-25(13-3-2-12(8-24)16(6-13)19(21,22)23)9-15(30-11)10-29-18-5-4-14(26(27)28)7-17(18)20/h2-7,11,15H,9-10H2,1H3/t11-,15+/m1/s1. The minimum atomic E-state index is -4.68. The summed E-state index contributed by atoms with van der Waals surface area (Å²) in [7, 11) is 0. The van der Waals surface area contributed by atoms with Crippen molar-refractivity contribution in [3.63, 3.8) is 0 Å². The van der Waals surface area contributed by atoms with Crippen molar-refractivity contribution in [2.75, 3.05) is 18.1 Å². The molecule has 158 valence electrons. The first kappa shape index (κ1) is 21.3. The molecule has 0 bridgehead atoms. The fourth-order valence-electron chi connectivity index (χ4n) is 3.12. The molecule has 0 spiro atoms. The van der Waals surface area contributed by atoms with Crippen LogP contribution in [0.4, 0.5) is 28.9 Å². The fraction of sp³-hybridized carbons (Fsp3) is 0.316. The van der Waals surface area contributed by atoms with Gasteiger partial charge in [-0.25, -0.2) is 4.39 Å². The first-order valence-electron chi connectivity index (χ1n) is 8.70. The molecule has 2 atom stereocenters. The first-order chi connectivity index (χ1) is 14.1. The van der Waals surface area contributed by atoms with Crippen LogP contribution < -0.4 is 9.64 Å². The minimum absolute atomic E-state index is 0.113. The topological polar surface area (TPSA) is 88.6 Å². The van der Waals surface area contributed by atoms with Crippen molar-refractivity contribution in [1.82, 2.24) is 0 Å². The second kappa shape index (κ2) is 8.16. The number of alkyl halides is 3. The molecule has 1 heterocycles. The van der Waals surface area contributed by atoms with Crippen LogP contribution in [-0.4, -0.2) is 30.4 Å². The summed E-state index contributed by atoms with van der Waals surface area (Å²) < 4.78 is 64.5. The van der Waals surface area contributed by atoms with Crippen LogP contribution in [0.2, 0.25) is 0 Å². The Morgan fingerprint density at radius 3 is 2.67 bits per heavy atom. The maximum Gasteiger partial charge on any atom is 0.417 e. The smallest absolute Gasteiger partial charge is 0.417 e. The van der Waals surface area contributed by atoms with Crippen LogP contribution in [-0.2, 0) is 10.9 Å². The van der Waals surface area contributed by atoms with Crippen LogP contribution in [0.25, 0.3) is 0 Å². The predicted molar refractivity (Wildman–Crippen MR) is 96.4 cm³/mol. The highest BCUT2D eigenvalue weighted by molar-refractivity contribution is 5.55. The molecule has 1 aliphatic heterocycles. The molecule has 1 fully saturated rings. The molecule has 30 heavy (non-hydrogen) atoms. The van der Waals surface area contributed by atoms with E-state index in [4.69, 9.17) is 14.7 Å². The third-order valence-corrected chi connectivity index (χ3v) is 4.54. The molecule has 0 radical (unpaired) electrons. The van der Waals surface area contributed by atoms with E-state index in [0.717, 1.165) is 30.3 Å². The predicted octanol–water partition coefficient (Wildman–Crippen LogP) is 4.25. The van der Waals surface area contributed by atoms with E-state index in [0.29, 0.717) is 0 Å². The molecule has 7 nitrogen and oxygen atoms in total. The molecule has 1 saturated heterocycles. The average molecular weight is 425 g/mol. The van der Waals surface area contributed by atoms with E-state index in [9.17, 15) is 27.7 Å². The van der Waals surface area contributed by atoms with E-state index in [1.807, 2.05) is 0 Å². The Labute approximate surface area is 168 Å². The van der Waals surface area contributed by atoms with E-state index in [1.54, 1.807) is 11.8 Å². The summed E-state index contributed by atoms with van der Waals surface area (Å²) >= 11 is 0. The molecule has 0 N–H and O–H groups in total. The van der Waals surface area contributed by atoms with Gasteiger partial charge in [-0.3, -0.25) is 10.1 Å². The fourth-order valence-corrected chi connectivity index (χ4v) is 3.12. The number of nitro groups is 1. The van der Waals surface area contributed by atoms with Gasteiger partial charge in [-0.05, 0) is 31.2 Å². The molecule has 0 amide bonds. The Morgan fingerprint density at radius 2 is 2.07 bits per heavy atom. The van der Waals surface area contributed by atoms with Gasteiger partial charge in [0.2, 0.25) is 0 Å². The maximum atomic E-state index is 13.9. The highest BCUT2D eigenvalue weighted by Gasteiger charge is 2.36. The van der Waals surface area contributed by atoms with Gasteiger partial charge < -0.3 is 14.4 Å². The van der Waals surface area contributed by atoms with Crippen molar-refractivity contribution < 1.29 is 32.0 Å². The summed E-state index contributed by atoms with van der Waals surface area (Å²) in [5.41, 5.74) is -1.72. The molecule has 3 rings (SSSR count). The summed E-state index contributed by atoms with van der Waals surface area (Å²) in [4.78, 5) is 11.5. The molecule has 0 unspecified atom stereocenters. The zero-order valence-electron chi connectivity index (χ0n) is 15.5. The normalized spacial score (nSPS) is 18.9. The molecule has 2 aromatic carbocycles. The van der Waals surface area contributed by atoms with Crippen LogP contribution in [0.15, 0.2) is 36.4 Å². The number of nitriles is 1. The lowest BCUT2D eigenvalue weighted by molar-refractivity contribution is -0.385. The number of hydrogen-bond donors (Lipinski definition) is 0. The molecular weight excluding hydrogens is 410 g/mol. The number of rotatable bonds is 5. The summed E-state index contributed by atoms with van der Waals surface area (Å²) in [6, 6.07) is 7.86. The highest BCUT2D eigenvalue weighted by atomic mass is 19.4. The van der Waals surface area contributed by atoms with E-state index >= 15 is 0 Å². The number of non-ortho nitro benzene ring substituents is 1. The Kier molecular flexibility index (Phi) is 5.80. The van der Waals surface area contributed by atoms with Gasteiger partial charge in [0.05, 0.1) is 34.7 Å². The van der Waals surface area contributed by atoms with E-state index in [2.05, 4.69) is 0 Å². The third-order valence-electron chi connectivity index (χ3n) is 4.54. The van der Waals surface area contributed by atoms with Gasteiger partial charge in [0.1, 0.15) is 18.9 Å². The monoisotopic (exact) mass is 425 g/mol. The Balaban J connectivity index is 1.71. The van der Waals surface area contributed by atoms with Crippen LogP contribution in [0.3, 0.4) is 0 Å². The van der Waals surface area contributed by atoms with Gasteiger partial charge >= 0.3 is 6.18 Å². The minimum Gasteiger partial charge on any atom is -0.488 e. The quantitative estimate of drug-likeness (QED) is 0.404. The van der Waals surface area contributed by atoms with E-state index in [-0.39, 0.29) is 24.6 Å². The Hall–Kier alpha value is -3.39. The van der Waals surface area contributed by atoms with Crippen molar-refractivity contribution >= 4 is 11.4 Å². The van der Waals surface area contributed by atoms with Gasteiger partial charge in [-0.15, -0.1) is 0 Å². The summed E-state index contributed by atoms with van der Waals surface area (Å²) in [5, 5.41) is 19.6. The van der Waals surface area contributed by atoms with Gasteiger partial charge in [0, 0.05) is 11.8 Å². The molecular formula is C19H15F4N3O4. The lowest BCUT2D eigenvalue weighted by Gasteiger charge is -2.23. The molecule has 0 saturated carbocycles. The lowest BCUT2D eigenvalue weighted by Crippen LogP contribution is -2.29. The van der Waals surface area contributed by atoms with Crippen molar-refractivity contribution in [2.24, 2.45) is 0 Å². The first-order valence-corrected chi connectivity index (χ1v) is 8.70. The number of halogens is 4. The average Bonchev–Trinajstić information content (AvgIpc) is 3.06. The van der Waals surface area contributed by atoms with Crippen LogP contribution in [0.1, 0.15) is 18.1 Å².